The second kappa shape index (κ2) is 4.86. The number of hydrogen-bond acceptors (Lipinski definition) is 6. The van der Waals surface area contributed by atoms with Gasteiger partial charge in [0, 0.05) is 0 Å². The summed E-state index contributed by atoms with van der Waals surface area (Å²) in [5.74, 6) is -1.21. The number of rotatable bonds is 3. The van der Waals surface area contributed by atoms with Gasteiger partial charge in [-0.3, -0.25) is 0 Å². The number of hydrogen-bond donors (Lipinski definition) is 4. The fraction of sp³-hybridized carbons (Fsp3) is 0.875. The van der Waals surface area contributed by atoms with Crippen LogP contribution < -0.4 is 0 Å². The largest absolute Gasteiger partial charge is 0.480 e. The first-order valence-corrected chi connectivity index (χ1v) is 4.46. The van der Waals surface area contributed by atoms with Crippen LogP contribution in [-0.4, -0.2) is 63.7 Å². The topological polar surface area (TPSA) is 116 Å². The molecule has 0 saturated carbocycles. The van der Waals surface area contributed by atoms with Crippen LogP contribution in [0.15, 0.2) is 0 Å². The lowest BCUT2D eigenvalue weighted by molar-refractivity contribution is -0.292. The van der Waals surface area contributed by atoms with Gasteiger partial charge in [0.2, 0.25) is 0 Å². The molecule has 0 amide bonds. The molecule has 7 nitrogen and oxygen atoms in total. The molecule has 88 valence electrons. The van der Waals surface area contributed by atoms with E-state index in [2.05, 4.69) is 0 Å². The van der Waals surface area contributed by atoms with Crippen molar-refractivity contribution >= 4 is 5.97 Å². The first kappa shape index (κ1) is 12.3. The van der Waals surface area contributed by atoms with Gasteiger partial charge in [-0.05, 0) is 6.92 Å². The highest BCUT2D eigenvalue weighted by molar-refractivity contribution is 5.68. The van der Waals surface area contributed by atoms with Crippen molar-refractivity contribution in [3.8, 4) is 0 Å². The smallest absolute Gasteiger partial charge is 0.329 e. The minimum absolute atomic E-state index is 0.642. The van der Waals surface area contributed by atoms with Crippen molar-refractivity contribution in [2.75, 3.05) is 6.61 Å². The van der Waals surface area contributed by atoms with E-state index in [1.165, 1.54) is 6.92 Å². The molecule has 4 N–H and O–H groups in total. The van der Waals surface area contributed by atoms with Gasteiger partial charge in [0.05, 0.1) is 6.10 Å². The highest BCUT2D eigenvalue weighted by Gasteiger charge is 2.42. The zero-order valence-electron chi connectivity index (χ0n) is 8.11. The van der Waals surface area contributed by atoms with E-state index in [0.717, 1.165) is 0 Å². The monoisotopic (exact) mass is 222 g/mol. The molecular weight excluding hydrogens is 208 g/mol. The van der Waals surface area contributed by atoms with Crippen molar-refractivity contribution in [3.63, 3.8) is 0 Å². The van der Waals surface area contributed by atoms with Gasteiger partial charge in [-0.15, -0.1) is 0 Å². The Morgan fingerprint density at radius 3 is 2.40 bits per heavy atom. The van der Waals surface area contributed by atoms with Crippen LogP contribution in [-0.2, 0) is 14.3 Å². The van der Waals surface area contributed by atoms with Gasteiger partial charge >= 0.3 is 5.97 Å². The summed E-state index contributed by atoms with van der Waals surface area (Å²) < 4.78 is 9.69. The molecule has 0 aromatic carbocycles. The summed E-state index contributed by atoms with van der Waals surface area (Å²) in [6.45, 7) is 0.841. The Bertz CT molecular complexity index is 231. The normalized spacial score (nSPS) is 41.5. The molecule has 0 spiro atoms. The van der Waals surface area contributed by atoms with Gasteiger partial charge in [0.15, 0.2) is 6.29 Å². The molecule has 5 atom stereocenters. The average molecular weight is 222 g/mol. The van der Waals surface area contributed by atoms with E-state index in [0.29, 0.717) is 0 Å². The standard InChI is InChI=1S/C8H14O7/c1-3-5(11)6(12)7(13)8(15-3)14-2-4(9)10/h3,5-8,11-13H,2H2,1H3,(H,9,10)/t3-,5+,6+,7-,8+/m0/s1. The summed E-state index contributed by atoms with van der Waals surface area (Å²) in [4.78, 5) is 10.2. The Hall–Kier alpha value is -0.730. The minimum atomic E-state index is -1.46. The number of carbonyl (C=O) groups is 1. The Labute approximate surface area is 85.9 Å². The van der Waals surface area contributed by atoms with Crippen molar-refractivity contribution in [1.29, 1.82) is 0 Å². The molecule has 0 aliphatic carbocycles. The number of carboxylic acids is 1. The summed E-state index contributed by atoms with van der Waals surface area (Å²) in [6.07, 6.45) is -6.07. The molecule has 0 aromatic heterocycles. The lowest BCUT2D eigenvalue weighted by Gasteiger charge is -2.38. The van der Waals surface area contributed by atoms with Gasteiger partial charge in [-0.25, -0.2) is 4.79 Å². The molecule has 7 heteroatoms. The van der Waals surface area contributed by atoms with Crippen molar-refractivity contribution in [3.05, 3.63) is 0 Å². The molecule has 0 aromatic rings. The molecule has 1 aliphatic heterocycles. The lowest BCUT2D eigenvalue weighted by Crippen LogP contribution is -2.57. The molecule has 0 unspecified atom stereocenters. The van der Waals surface area contributed by atoms with Crippen LogP contribution >= 0.6 is 0 Å². The maximum Gasteiger partial charge on any atom is 0.329 e. The van der Waals surface area contributed by atoms with Crippen LogP contribution in [0, 0.1) is 0 Å². The van der Waals surface area contributed by atoms with Crippen molar-refractivity contribution in [1.82, 2.24) is 0 Å². The molecule has 1 aliphatic rings. The van der Waals surface area contributed by atoms with Crippen LogP contribution in [0.25, 0.3) is 0 Å². The van der Waals surface area contributed by atoms with Gasteiger partial charge in [0.25, 0.3) is 0 Å². The highest BCUT2D eigenvalue weighted by Crippen LogP contribution is 2.21. The molecule has 1 heterocycles. The number of aliphatic hydroxyl groups is 3. The molecule has 1 rings (SSSR count). The Balaban J connectivity index is 2.54. The Morgan fingerprint density at radius 2 is 1.87 bits per heavy atom. The molecule has 1 saturated heterocycles. The second-order valence-corrected chi connectivity index (χ2v) is 3.39. The summed E-state index contributed by atoms with van der Waals surface area (Å²) in [5, 5.41) is 36.4. The maximum absolute atomic E-state index is 10.2. The van der Waals surface area contributed by atoms with E-state index < -0.39 is 43.3 Å². The van der Waals surface area contributed by atoms with Crippen molar-refractivity contribution in [2.45, 2.75) is 37.6 Å². The zero-order valence-corrected chi connectivity index (χ0v) is 8.11. The SMILES string of the molecule is C[C@@H]1O[C@@H](OCC(=O)O)[C@@H](O)[C@H](O)[C@@H]1O. The quantitative estimate of drug-likeness (QED) is 0.432. The summed E-state index contributed by atoms with van der Waals surface area (Å²) in [6, 6.07) is 0. The van der Waals surface area contributed by atoms with Gasteiger partial charge in [-0.1, -0.05) is 0 Å². The maximum atomic E-state index is 10.2. The van der Waals surface area contributed by atoms with E-state index in [1.54, 1.807) is 0 Å². The number of ether oxygens (including phenoxy) is 2. The molecular formula is C8H14O7. The fourth-order valence-corrected chi connectivity index (χ4v) is 1.30. The minimum Gasteiger partial charge on any atom is -0.480 e. The van der Waals surface area contributed by atoms with Crippen LogP contribution in [0.5, 0.6) is 0 Å². The third-order valence-electron chi connectivity index (χ3n) is 2.18. The highest BCUT2D eigenvalue weighted by atomic mass is 16.7. The van der Waals surface area contributed by atoms with Crippen LogP contribution in [0.1, 0.15) is 6.92 Å². The van der Waals surface area contributed by atoms with Gasteiger partial charge in [0.1, 0.15) is 24.9 Å². The predicted octanol–water partition coefficient (Wildman–Crippen LogP) is -2.08. The van der Waals surface area contributed by atoms with Crippen molar-refractivity contribution in [2.24, 2.45) is 0 Å². The van der Waals surface area contributed by atoms with Crippen LogP contribution in [0.4, 0.5) is 0 Å². The summed E-state index contributed by atoms with van der Waals surface area (Å²) in [7, 11) is 0. The Morgan fingerprint density at radius 1 is 1.27 bits per heavy atom. The molecule has 1 fully saturated rings. The number of aliphatic carboxylic acids is 1. The van der Waals surface area contributed by atoms with E-state index in [9.17, 15) is 20.1 Å². The first-order chi connectivity index (χ1) is 6.93. The third-order valence-corrected chi connectivity index (χ3v) is 2.18. The fourth-order valence-electron chi connectivity index (χ4n) is 1.30. The number of carboxylic acid groups (broad SMARTS) is 1. The average Bonchev–Trinajstić information content (AvgIpc) is 2.18. The van der Waals surface area contributed by atoms with E-state index >= 15 is 0 Å². The third kappa shape index (κ3) is 2.86. The lowest BCUT2D eigenvalue weighted by atomic mass is 10.0. The van der Waals surface area contributed by atoms with Gasteiger partial charge in [-0.2, -0.15) is 0 Å². The summed E-state index contributed by atoms with van der Waals surface area (Å²) in [5.41, 5.74) is 0. The van der Waals surface area contributed by atoms with Gasteiger partial charge < -0.3 is 29.9 Å². The van der Waals surface area contributed by atoms with E-state index in [1.807, 2.05) is 0 Å². The van der Waals surface area contributed by atoms with E-state index in [-0.39, 0.29) is 0 Å². The van der Waals surface area contributed by atoms with E-state index in [4.69, 9.17) is 14.6 Å². The predicted molar refractivity (Wildman–Crippen MR) is 45.9 cm³/mol. The molecule has 0 bridgehead atoms. The van der Waals surface area contributed by atoms with Crippen LogP contribution in [0.3, 0.4) is 0 Å². The molecule has 15 heavy (non-hydrogen) atoms. The second-order valence-electron chi connectivity index (χ2n) is 3.39. The molecule has 0 radical (unpaired) electrons. The first-order valence-electron chi connectivity index (χ1n) is 4.46. The Kier molecular flexibility index (Phi) is 4.00. The zero-order chi connectivity index (χ0) is 11.6. The van der Waals surface area contributed by atoms with Crippen molar-refractivity contribution < 1.29 is 34.7 Å². The van der Waals surface area contributed by atoms with Crippen LogP contribution in [0.2, 0.25) is 0 Å². The summed E-state index contributed by atoms with van der Waals surface area (Å²) >= 11 is 0. The number of aliphatic hydroxyl groups excluding tert-OH is 3.